The van der Waals surface area contributed by atoms with E-state index in [4.69, 9.17) is 10.1 Å². The maximum atomic E-state index is 9.24. The fourth-order valence-electron chi connectivity index (χ4n) is 0. The minimum Gasteiger partial charge on any atom is -0.583 e. The maximum absolute atomic E-state index is 9.24. The summed E-state index contributed by atoms with van der Waals surface area (Å²) >= 11 is -2.67. The molecule has 0 bridgehead atoms. The summed E-state index contributed by atoms with van der Waals surface area (Å²) in [5, 5.41) is 9.18. The van der Waals surface area contributed by atoms with Crippen LogP contribution in [0, 0.1) is 10.7 Å². The van der Waals surface area contributed by atoms with Crippen LogP contribution < -0.4 is 0 Å². The summed E-state index contributed by atoms with van der Waals surface area (Å²) in [4.78, 5) is 0. The lowest BCUT2D eigenvalue weighted by Crippen LogP contribution is -1.99. The van der Waals surface area contributed by atoms with Crippen molar-refractivity contribution in [2.75, 3.05) is 0 Å². The van der Waals surface area contributed by atoms with E-state index in [1.54, 1.807) is 0 Å². The van der Waals surface area contributed by atoms with Gasteiger partial charge in [0.15, 0.2) is 0 Å². The van der Waals surface area contributed by atoms with Gasteiger partial charge in [-0.1, -0.05) is 0 Å². The molecule has 0 fully saturated rings. The summed E-state index contributed by atoms with van der Waals surface area (Å²) in [5.74, 6) is 0. The first-order valence-electron chi connectivity index (χ1n) is 0.938. The molecule has 0 aliphatic carbocycles. The van der Waals surface area contributed by atoms with Gasteiger partial charge >= 0.3 is 11.3 Å². The molecule has 6 heavy (non-hydrogen) atoms. The predicted molar refractivity (Wildman–Crippen MR) is 17.1 cm³/mol. The highest BCUT2D eigenvalue weighted by molar-refractivity contribution is 7.72. The molecule has 5 nitrogen and oxygen atoms in total. The molecule has 0 aliphatic rings. The predicted octanol–water partition coefficient (Wildman–Crippen LogP) is -0.336. The Hall–Kier alpha value is -0.490. The number of rotatable bonds is 1. The van der Waals surface area contributed by atoms with Gasteiger partial charge in [0.25, 0.3) is 0 Å². The Morgan fingerprint density at radius 3 is 2.17 bits per heavy atom. The van der Waals surface area contributed by atoms with Gasteiger partial charge in [0, 0.05) is 4.27 Å². The molecule has 0 rings (SSSR count). The first-order chi connectivity index (χ1) is 2.64. The van der Waals surface area contributed by atoms with Crippen molar-refractivity contribution >= 4 is 11.3 Å². The second-order valence-electron chi connectivity index (χ2n) is 0.488. The molecule has 0 radical (unpaired) electrons. The molecular weight excluding hydrogens is 108 g/mol. The highest BCUT2D eigenvalue weighted by Crippen LogP contribution is 1.68. The van der Waals surface area contributed by atoms with E-state index in [-0.39, 0.29) is 0 Å². The van der Waals surface area contributed by atoms with Crippen molar-refractivity contribution in [2.24, 2.45) is 0 Å². The highest BCUT2D eigenvalue weighted by Gasteiger charge is 1.95. The second kappa shape index (κ2) is 1.83. The zero-order valence-electron chi connectivity index (χ0n) is 2.62. The SMILES string of the molecule is N=[N+]([O-])S(=O)O. The third kappa shape index (κ3) is 1.79. The molecule has 36 valence electrons. The van der Waals surface area contributed by atoms with Crippen LogP contribution in [0.5, 0.6) is 0 Å². The average molecular weight is 110 g/mol. The molecule has 0 saturated carbocycles. The minimum atomic E-state index is -2.67. The molecule has 0 amide bonds. The van der Waals surface area contributed by atoms with E-state index in [0.29, 0.717) is 0 Å². The van der Waals surface area contributed by atoms with E-state index in [1.807, 2.05) is 0 Å². The fraction of sp³-hybridized carbons (Fsp3) is 0. The van der Waals surface area contributed by atoms with Crippen molar-refractivity contribution in [3.8, 4) is 0 Å². The Bertz CT molecular complexity index is 74.8. The van der Waals surface area contributed by atoms with Crippen molar-refractivity contribution in [3.63, 3.8) is 0 Å². The van der Waals surface area contributed by atoms with Gasteiger partial charge in [-0.05, 0) is 5.53 Å². The monoisotopic (exact) mass is 110 g/mol. The summed E-state index contributed by atoms with van der Waals surface area (Å²) < 4.78 is 16.0. The van der Waals surface area contributed by atoms with Gasteiger partial charge in [0.05, 0.1) is 0 Å². The zero-order chi connectivity index (χ0) is 5.15. The van der Waals surface area contributed by atoms with Crippen LogP contribution in [0.15, 0.2) is 0 Å². The van der Waals surface area contributed by atoms with Crippen molar-refractivity contribution in [2.45, 2.75) is 0 Å². The van der Waals surface area contributed by atoms with Crippen molar-refractivity contribution in [1.29, 1.82) is 5.53 Å². The highest BCUT2D eigenvalue weighted by atomic mass is 32.2. The summed E-state index contributed by atoms with van der Waals surface area (Å²) in [6, 6.07) is 0. The molecule has 1 atom stereocenters. The van der Waals surface area contributed by atoms with Crippen molar-refractivity contribution < 1.29 is 13.0 Å². The Balaban J connectivity index is 3.57. The number of nitrogens with one attached hydrogen (secondary N) is 1. The summed E-state index contributed by atoms with van der Waals surface area (Å²) in [7, 11) is 0. The van der Waals surface area contributed by atoms with Crippen molar-refractivity contribution in [1.82, 2.24) is 0 Å². The fourth-order valence-corrected chi connectivity index (χ4v) is 0. The third-order valence-corrected chi connectivity index (χ3v) is 0.426. The van der Waals surface area contributed by atoms with Crippen LogP contribution in [0.1, 0.15) is 0 Å². The number of hydrogen-bond donors (Lipinski definition) is 2. The Labute approximate surface area is 36.1 Å². The molecule has 0 aromatic rings. The third-order valence-electron chi connectivity index (χ3n) is 0.142. The number of hydrogen-bond acceptors (Lipinski definition) is 3. The first-order valence-corrected chi connectivity index (χ1v) is 2.00. The van der Waals surface area contributed by atoms with Gasteiger partial charge in [-0.2, -0.15) is 4.21 Å². The van der Waals surface area contributed by atoms with E-state index in [0.717, 1.165) is 0 Å². The summed E-state index contributed by atoms with van der Waals surface area (Å²) in [6.07, 6.45) is 0. The van der Waals surface area contributed by atoms with Gasteiger partial charge in [-0.3, -0.25) is 0 Å². The normalized spacial score (nSPS) is 13.5. The molecular formula is H2N2O3S. The lowest BCUT2D eigenvalue weighted by atomic mass is 13.1. The van der Waals surface area contributed by atoms with Crippen LogP contribution in [0.25, 0.3) is 0 Å². The van der Waals surface area contributed by atoms with E-state index in [9.17, 15) is 9.42 Å². The zero-order valence-corrected chi connectivity index (χ0v) is 3.44. The van der Waals surface area contributed by atoms with Gasteiger partial charge < -0.3 is 5.21 Å². The van der Waals surface area contributed by atoms with Gasteiger partial charge in [-0.15, -0.1) is 0 Å². The molecule has 0 heterocycles. The van der Waals surface area contributed by atoms with Gasteiger partial charge in [0.2, 0.25) is 0 Å². The second-order valence-corrected chi connectivity index (χ2v) is 1.28. The lowest BCUT2D eigenvalue weighted by molar-refractivity contribution is -0.392. The molecule has 6 heteroatoms. The molecule has 0 spiro atoms. The summed E-state index contributed by atoms with van der Waals surface area (Å²) in [6.45, 7) is 0. The summed E-state index contributed by atoms with van der Waals surface area (Å²) in [5.41, 5.74) is 5.76. The Morgan fingerprint density at radius 1 is 2.00 bits per heavy atom. The van der Waals surface area contributed by atoms with Crippen LogP contribution in [0.4, 0.5) is 0 Å². The maximum Gasteiger partial charge on any atom is 0.476 e. The molecule has 1 unspecified atom stereocenters. The quantitative estimate of drug-likeness (QED) is 0.209. The van der Waals surface area contributed by atoms with Crippen LogP contribution in [-0.4, -0.2) is 13.0 Å². The van der Waals surface area contributed by atoms with E-state index < -0.39 is 15.5 Å². The van der Waals surface area contributed by atoms with E-state index >= 15 is 0 Å². The van der Waals surface area contributed by atoms with Gasteiger partial charge in [-0.25, -0.2) is 4.55 Å². The van der Waals surface area contributed by atoms with E-state index in [2.05, 4.69) is 0 Å². The lowest BCUT2D eigenvalue weighted by Gasteiger charge is -1.81. The number of nitrogens with zero attached hydrogens (tertiary/aromatic N) is 1. The molecule has 0 aromatic carbocycles. The van der Waals surface area contributed by atoms with E-state index in [1.165, 1.54) is 0 Å². The Kier molecular flexibility index (Phi) is 1.68. The molecule has 2 N–H and O–H groups in total. The van der Waals surface area contributed by atoms with Crippen LogP contribution in [-0.2, 0) is 11.3 Å². The Morgan fingerprint density at radius 2 is 2.17 bits per heavy atom. The van der Waals surface area contributed by atoms with Gasteiger partial charge in [0.1, 0.15) is 0 Å². The molecule has 0 aliphatic heterocycles. The first kappa shape index (κ1) is 5.51. The van der Waals surface area contributed by atoms with Crippen LogP contribution >= 0.6 is 0 Å². The topological polar surface area (TPSA) is 87.2 Å². The van der Waals surface area contributed by atoms with Crippen molar-refractivity contribution in [3.05, 3.63) is 5.21 Å². The smallest absolute Gasteiger partial charge is 0.476 e. The molecule has 0 aromatic heterocycles. The van der Waals surface area contributed by atoms with Crippen LogP contribution in [0.2, 0.25) is 0 Å². The average Bonchev–Trinajstić information content (AvgIpc) is 1.36. The molecule has 0 saturated heterocycles. The largest absolute Gasteiger partial charge is 0.583 e. The van der Waals surface area contributed by atoms with Crippen LogP contribution in [0.3, 0.4) is 0 Å². The standard InChI is InChI=1S/H2N2O3S/c1-2(3)6(4)5/h1H,(H,4,5). The minimum absolute atomic E-state index is 0.806.